The number of nitrogens with zero attached hydrogens (tertiary/aromatic N) is 3. The third-order valence-electron chi connectivity index (χ3n) is 8.04. The Bertz CT molecular complexity index is 1510. The molecule has 1 amide bonds. The van der Waals surface area contributed by atoms with Crippen molar-refractivity contribution in [1.82, 2.24) is 14.5 Å². The first kappa shape index (κ1) is 26.0. The fourth-order valence-corrected chi connectivity index (χ4v) is 5.74. The summed E-state index contributed by atoms with van der Waals surface area (Å²) in [6.07, 6.45) is 1.78. The predicted molar refractivity (Wildman–Crippen MR) is 152 cm³/mol. The number of carbonyl (C=O) groups is 1. The molecule has 38 heavy (non-hydrogen) atoms. The van der Waals surface area contributed by atoms with Gasteiger partial charge in [0.05, 0.1) is 30.3 Å². The maximum atomic E-state index is 14.4. The van der Waals surface area contributed by atoms with Crippen LogP contribution in [-0.4, -0.2) is 47.7 Å². The molecule has 0 spiro atoms. The molecular weight excluding hydrogens is 474 g/mol. The van der Waals surface area contributed by atoms with Crippen LogP contribution < -0.4 is 4.74 Å². The Morgan fingerprint density at radius 1 is 1.03 bits per heavy atom. The van der Waals surface area contributed by atoms with Crippen LogP contribution in [0.2, 0.25) is 0 Å². The lowest BCUT2D eigenvalue weighted by atomic mass is 9.93. The zero-order chi connectivity index (χ0) is 27.0. The second-order valence-electron chi connectivity index (χ2n) is 10.6. The molecule has 1 aromatic heterocycles. The first-order valence-electron chi connectivity index (χ1n) is 13.3. The summed E-state index contributed by atoms with van der Waals surface area (Å²) in [6, 6.07) is 18.4. The van der Waals surface area contributed by atoms with E-state index < -0.39 is 5.54 Å². The molecule has 1 aliphatic rings. The number of imidazole rings is 1. The number of benzene rings is 3. The topological polar surface area (TPSA) is 56.6 Å². The van der Waals surface area contributed by atoms with Crippen LogP contribution in [0.1, 0.15) is 52.6 Å². The summed E-state index contributed by atoms with van der Waals surface area (Å²) in [5.41, 5.74) is 7.60. The summed E-state index contributed by atoms with van der Waals surface area (Å²) in [6.45, 7) is 10.4. The summed E-state index contributed by atoms with van der Waals surface area (Å²) in [5.74, 6) is 1.73. The van der Waals surface area contributed by atoms with Crippen molar-refractivity contribution in [1.29, 1.82) is 0 Å². The predicted octanol–water partition coefficient (Wildman–Crippen LogP) is 6.43. The monoisotopic (exact) mass is 511 g/mol. The minimum atomic E-state index is -0.541. The molecule has 4 aromatic rings. The van der Waals surface area contributed by atoms with Gasteiger partial charge in [-0.2, -0.15) is 0 Å². The molecule has 2 heterocycles. The molecule has 1 saturated heterocycles. The number of hydrogen-bond donors (Lipinski definition) is 0. The van der Waals surface area contributed by atoms with Crippen LogP contribution in [0, 0.1) is 20.8 Å². The number of carbonyl (C=O) groups excluding carboxylic acids is 1. The molecule has 1 aliphatic heterocycles. The lowest BCUT2D eigenvalue weighted by Crippen LogP contribution is -2.45. The summed E-state index contributed by atoms with van der Waals surface area (Å²) < 4.78 is 13.2. The number of amides is 1. The van der Waals surface area contributed by atoms with Gasteiger partial charge in [0.15, 0.2) is 0 Å². The normalized spacial score (nSPS) is 17.4. The maximum Gasteiger partial charge on any atom is 0.255 e. The highest BCUT2D eigenvalue weighted by molar-refractivity contribution is 6.01. The largest absolute Gasteiger partial charge is 0.497 e. The second-order valence-corrected chi connectivity index (χ2v) is 10.6. The molecule has 5 rings (SSSR count). The smallest absolute Gasteiger partial charge is 0.255 e. The number of methoxy groups -OCH3 is 2. The molecule has 0 N–H and O–H groups in total. The molecule has 1 atom stereocenters. The van der Waals surface area contributed by atoms with Gasteiger partial charge in [-0.15, -0.1) is 0 Å². The van der Waals surface area contributed by atoms with E-state index in [-0.39, 0.29) is 5.91 Å². The maximum absolute atomic E-state index is 14.4. The summed E-state index contributed by atoms with van der Waals surface area (Å²) in [4.78, 5) is 21.6. The minimum Gasteiger partial charge on any atom is -0.497 e. The van der Waals surface area contributed by atoms with Gasteiger partial charge in [-0.1, -0.05) is 29.8 Å². The molecule has 6 nitrogen and oxygen atoms in total. The number of ether oxygens (including phenoxy) is 2. The fourth-order valence-electron chi connectivity index (χ4n) is 5.74. The van der Waals surface area contributed by atoms with Gasteiger partial charge in [0.2, 0.25) is 0 Å². The molecule has 0 bridgehead atoms. The van der Waals surface area contributed by atoms with Crippen molar-refractivity contribution in [3.05, 3.63) is 82.7 Å². The molecular formula is C32H37N3O3. The van der Waals surface area contributed by atoms with E-state index in [1.807, 2.05) is 48.2 Å². The standard InChI is InChI=1S/C32H37N3O3/c1-21-11-12-26(24-9-7-10-25(20-24)38-6)27(17-21)30(36)35-14-8-13-32(35,4)31-33-28-18-22(2)23(3)19-29(28)34(31)15-16-37-5/h7,9-12,17-20H,8,13-16H2,1-6H3. The number of aromatic nitrogens is 2. The van der Waals surface area contributed by atoms with Crippen molar-refractivity contribution in [3.8, 4) is 16.9 Å². The zero-order valence-corrected chi connectivity index (χ0v) is 23.3. The quantitative estimate of drug-likeness (QED) is 0.287. The number of aryl methyl sites for hydroxylation is 3. The Labute approximate surface area is 225 Å². The number of likely N-dealkylation sites (tertiary alicyclic amines) is 1. The van der Waals surface area contributed by atoms with E-state index >= 15 is 0 Å². The third-order valence-corrected chi connectivity index (χ3v) is 8.04. The Morgan fingerprint density at radius 3 is 2.58 bits per heavy atom. The van der Waals surface area contributed by atoms with Gasteiger partial charge in [-0.25, -0.2) is 4.98 Å². The van der Waals surface area contributed by atoms with E-state index in [0.29, 0.717) is 25.3 Å². The van der Waals surface area contributed by atoms with E-state index in [0.717, 1.165) is 52.1 Å². The van der Waals surface area contributed by atoms with Crippen molar-refractivity contribution in [2.24, 2.45) is 0 Å². The van der Waals surface area contributed by atoms with Crippen LogP contribution in [0.5, 0.6) is 5.75 Å². The summed E-state index contributed by atoms with van der Waals surface area (Å²) in [5, 5.41) is 0. The number of fused-ring (bicyclic) bond motifs is 1. The van der Waals surface area contributed by atoms with Crippen molar-refractivity contribution in [2.75, 3.05) is 27.4 Å². The van der Waals surface area contributed by atoms with Crippen LogP contribution in [0.4, 0.5) is 0 Å². The first-order chi connectivity index (χ1) is 18.3. The summed E-state index contributed by atoms with van der Waals surface area (Å²) >= 11 is 0. The number of hydrogen-bond acceptors (Lipinski definition) is 4. The van der Waals surface area contributed by atoms with Gasteiger partial charge in [0, 0.05) is 25.8 Å². The lowest BCUT2D eigenvalue weighted by Gasteiger charge is -2.35. The van der Waals surface area contributed by atoms with Crippen LogP contribution in [0.25, 0.3) is 22.2 Å². The SMILES string of the molecule is COCCn1c(C2(C)CCCN2C(=O)c2cc(C)ccc2-c2cccc(OC)c2)nc2cc(C)c(C)cc21. The number of rotatable bonds is 7. The van der Waals surface area contributed by atoms with E-state index in [4.69, 9.17) is 14.5 Å². The molecule has 3 aromatic carbocycles. The van der Waals surface area contributed by atoms with Crippen LogP contribution >= 0.6 is 0 Å². The molecule has 6 heteroatoms. The average molecular weight is 512 g/mol. The Balaban J connectivity index is 1.62. The summed E-state index contributed by atoms with van der Waals surface area (Å²) in [7, 11) is 3.38. The molecule has 1 unspecified atom stereocenters. The average Bonchev–Trinajstić information content (AvgIpc) is 3.48. The third kappa shape index (κ3) is 4.47. The van der Waals surface area contributed by atoms with Gasteiger partial charge in [0.1, 0.15) is 11.6 Å². The Kier molecular flexibility index (Phi) is 7.01. The van der Waals surface area contributed by atoms with Gasteiger partial charge < -0.3 is 18.9 Å². The van der Waals surface area contributed by atoms with E-state index in [2.05, 4.69) is 43.5 Å². The molecule has 1 fully saturated rings. The van der Waals surface area contributed by atoms with Gasteiger partial charge in [0.25, 0.3) is 5.91 Å². The van der Waals surface area contributed by atoms with Crippen molar-refractivity contribution in [3.63, 3.8) is 0 Å². The van der Waals surface area contributed by atoms with Crippen molar-refractivity contribution >= 4 is 16.9 Å². The molecule has 0 saturated carbocycles. The highest BCUT2D eigenvalue weighted by atomic mass is 16.5. The van der Waals surface area contributed by atoms with Crippen LogP contribution in [0.3, 0.4) is 0 Å². The van der Waals surface area contributed by atoms with Gasteiger partial charge in [-0.3, -0.25) is 4.79 Å². The Hall–Kier alpha value is -3.64. The molecule has 0 radical (unpaired) electrons. The van der Waals surface area contributed by atoms with Gasteiger partial charge >= 0.3 is 0 Å². The molecule has 198 valence electrons. The van der Waals surface area contributed by atoms with Crippen LogP contribution in [-0.2, 0) is 16.8 Å². The lowest BCUT2D eigenvalue weighted by molar-refractivity contribution is 0.0596. The van der Waals surface area contributed by atoms with E-state index in [9.17, 15) is 4.79 Å². The highest BCUT2D eigenvalue weighted by Crippen LogP contribution is 2.41. The van der Waals surface area contributed by atoms with Gasteiger partial charge in [-0.05, 0) is 93.1 Å². The molecule has 0 aliphatic carbocycles. The van der Waals surface area contributed by atoms with Crippen molar-refractivity contribution in [2.45, 2.75) is 52.6 Å². The van der Waals surface area contributed by atoms with Crippen molar-refractivity contribution < 1.29 is 14.3 Å². The van der Waals surface area contributed by atoms with E-state index in [1.165, 1.54) is 11.1 Å². The fraction of sp³-hybridized carbons (Fsp3) is 0.375. The minimum absolute atomic E-state index is 0.0317. The second kappa shape index (κ2) is 10.3. The highest BCUT2D eigenvalue weighted by Gasteiger charge is 2.45. The zero-order valence-electron chi connectivity index (χ0n) is 23.3. The first-order valence-corrected chi connectivity index (χ1v) is 13.3. The van der Waals surface area contributed by atoms with E-state index in [1.54, 1.807) is 14.2 Å². The Morgan fingerprint density at radius 2 is 1.82 bits per heavy atom. The van der Waals surface area contributed by atoms with Crippen LogP contribution in [0.15, 0.2) is 54.6 Å².